The van der Waals surface area contributed by atoms with Gasteiger partial charge in [0.2, 0.25) is 0 Å². The van der Waals surface area contributed by atoms with Crippen molar-refractivity contribution in [1.29, 1.82) is 0 Å². The van der Waals surface area contributed by atoms with E-state index in [0.717, 1.165) is 17.5 Å². The Balaban J connectivity index is 1.67. The summed E-state index contributed by atoms with van der Waals surface area (Å²) in [6, 6.07) is 13.5. The topological polar surface area (TPSA) is 109 Å². The molecule has 6 unspecified atom stereocenters. The van der Waals surface area contributed by atoms with Gasteiger partial charge in [-0.05, 0) is 35.2 Å². The maximum atomic E-state index is 10.4. The molecule has 0 aliphatic carbocycles. The van der Waals surface area contributed by atoms with E-state index in [9.17, 15) is 20.4 Å². The van der Waals surface area contributed by atoms with E-state index in [1.54, 1.807) is 12.1 Å². The summed E-state index contributed by atoms with van der Waals surface area (Å²) in [7, 11) is 0. The summed E-state index contributed by atoms with van der Waals surface area (Å²) < 4.78 is 17.2. The Morgan fingerprint density at radius 1 is 0.931 bits per heavy atom. The van der Waals surface area contributed by atoms with Crippen LogP contribution in [0.2, 0.25) is 0 Å². The first kappa shape index (κ1) is 20.3. The van der Waals surface area contributed by atoms with Crippen LogP contribution in [0.5, 0.6) is 5.75 Å². The second-order valence-electron chi connectivity index (χ2n) is 7.45. The van der Waals surface area contributed by atoms with Crippen molar-refractivity contribution in [3.63, 3.8) is 0 Å². The van der Waals surface area contributed by atoms with Gasteiger partial charge in [0.25, 0.3) is 0 Å². The maximum absolute atomic E-state index is 10.4. The first-order valence-corrected chi connectivity index (χ1v) is 9.81. The fraction of sp³-hybridized carbons (Fsp3) is 0.455. The van der Waals surface area contributed by atoms with Crippen LogP contribution < -0.4 is 4.74 Å². The summed E-state index contributed by atoms with van der Waals surface area (Å²) in [5, 5.41) is 40.0. The summed E-state index contributed by atoms with van der Waals surface area (Å²) in [6.07, 6.45) is -5.40. The molecule has 0 spiro atoms. The molecule has 0 saturated carbocycles. The van der Waals surface area contributed by atoms with Crippen LogP contribution in [0.15, 0.2) is 42.5 Å². The number of ether oxygens (including phenoxy) is 3. The second kappa shape index (κ2) is 8.39. The third kappa shape index (κ3) is 3.77. The molecule has 4 N–H and O–H groups in total. The second-order valence-corrected chi connectivity index (χ2v) is 7.45. The SMILES string of the molecule is CCc1ccc(C2OCOc3ccc(C4OC(CO)C(O)C(O)C4O)cc32)cc1. The van der Waals surface area contributed by atoms with Crippen LogP contribution in [0.3, 0.4) is 0 Å². The molecular formula is C22H26O7. The first-order valence-electron chi connectivity index (χ1n) is 9.81. The highest BCUT2D eigenvalue weighted by Gasteiger charge is 2.44. The predicted molar refractivity (Wildman–Crippen MR) is 103 cm³/mol. The van der Waals surface area contributed by atoms with Crippen LogP contribution in [0.25, 0.3) is 0 Å². The number of hydrogen-bond acceptors (Lipinski definition) is 7. The van der Waals surface area contributed by atoms with E-state index >= 15 is 0 Å². The normalized spacial score (nSPS) is 31.8. The quantitative estimate of drug-likeness (QED) is 0.609. The van der Waals surface area contributed by atoms with Crippen LogP contribution in [-0.4, -0.2) is 58.2 Å². The number of fused-ring (bicyclic) bond motifs is 1. The van der Waals surface area contributed by atoms with Crippen LogP contribution >= 0.6 is 0 Å². The van der Waals surface area contributed by atoms with Crippen molar-refractivity contribution in [3.05, 3.63) is 64.7 Å². The molecule has 4 rings (SSSR count). The zero-order valence-corrected chi connectivity index (χ0v) is 16.1. The molecule has 156 valence electrons. The van der Waals surface area contributed by atoms with E-state index in [-0.39, 0.29) is 12.9 Å². The van der Waals surface area contributed by atoms with Gasteiger partial charge in [-0.15, -0.1) is 0 Å². The Morgan fingerprint density at radius 2 is 1.66 bits per heavy atom. The smallest absolute Gasteiger partial charge is 0.190 e. The molecule has 7 heteroatoms. The summed E-state index contributed by atoms with van der Waals surface area (Å²) in [4.78, 5) is 0. The lowest BCUT2D eigenvalue weighted by Gasteiger charge is -2.40. The first-order chi connectivity index (χ1) is 14.0. The molecule has 0 aromatic heterocycles. The lowest BCUT2D eigenvalue weighted by molar-refractivity contribution is -0.231. The van der Waals surface area contributed by atoms with Gasteiger partial charge in [-0.25, -0.2) is 0 Å². The van der Waals surface area contributed by atoms with E-state index in [1.165, 1.54) is 5.56 Å². The number of benzene rings is 2. The summed E-state index contributed by atoms with van der Waals surface area (Å²) >= 11 is 0. The zero-order chi connectivity index (χ0) is 20.5. The molecule has 2 aliphatic rings. The van der Waals surface area contributed by atoms with Gasteiger partial charge in [-0.1, -0.05) is 37.3 Å². The Hall–Kier alpha value is -2.00. The van der Waals surface area contributed by atoms with Gasteiger partial charge in [-0.3, -0.25) is 0 Å². The van der Waals surface area contributed by atoms with Gasteiger partial charge >= 0.3 is 0 Å². The highest BCUT2D eigenvalue weighted by Crippen LogP contribution is 2.40. The monoisotopic (exact) mass is 402 g/mol. The van der Waals surface area contributed by atoms with E-state index in [0.29, 0.717) is 11.3 Å². The van der Waals surface area contributed by atoms with Crippen LogP contribution in [-0.2, 0) is 15.9 Å². The van der Waals surface area contributed by atoms with Crippen molar-refractivity contribution in [3.8, 4) is 5.75 Å². The summed E-state index contributed by atoms with van der Waals surface area (Å²) in [5.74, 6) is 0.675. The highest BCUT2D eigenvalue weighted by molar-refractivity contribution is 5.45. The lowest BCUT2D eigenvalue weighted by atomic mass is 9.89. The third-order valence-electron chi connectivity index (χ3n) is 5.68. The van der Waals surface area contributed by atoms with Gasteiger partial charge in [0.1, 0.15) is 42.4 Å². The Morgan fingerprint density at radius 3 is 2.34 bits per heavy atom. The molecule has 1 fully saturated rings. The zero-order valence-electron chi connectivity index (χ0n) is 16.1. The van der Waals surface area contributed by atoms with Crippen LogP contribution in [0.4, 0.5) is 0 Å². The lowest BCUT2D eigenvalue weighted by Crippen LogP contribution is -2.55. The summed E-state index contributed by atoms with van der Waals surface area (Å²) in [6.45, 7) is 1.76. The van der Waals surface area contributed by atoms with E-state index in [1.807, 2.05) is 18.2 Å². The Bertz CT molecular complexity index is 836. The number of aliphatic hydroxyl groups excluding tert-OH is 4. The average molecular weight is 402 g/mol. The van der Waals surface area contributed by atoms with Crippen LogP contribution in [0, 0.1) is 0 Å². The van der Waals surface area contributed by atoms with E-state index in [4.69, 9.17) is 14.2 Å². The third-order valence-corrected chi connectivity index (χ3v) is 5.68. The van der Waals surface area contributed by atoms with Gasteiger partial charge in [0.05, 0.1) is 6.61 Å². The Labute approximate surface area is 169 Å². The van der Waals surface area contributed by atoms with Crippen LogP contribution in [0.1, 0.15) is 41.4 Å². The molecule has 1 saturated heterocycles. The minimum atomic E-state index is -1.42. The molecule has 29 heavy (non-hydrogen) atoms. The summed E-state index contributed by atoms with van der Waals surface area (Å²) in [5.41, 5.74) is 3.61. The standard InChI is InChI=1S/C22H26O7/c1-2-12-3-5-13(6-4-12)21-15-9-14(7-8-16(15)27-11-28-21)22-20(26)19(25)18(24)17(10-23)29-22/h3-9,17-26H,2,10-11H2,1H3. The van der Waals surface area contributed by atoms with Crippen molar-refractivity contribution in [1.82, 2.24) is 0 Å². The number of aryl methyl sites for hydroxylation is 1. The highest BCUT2D eigenvalue weighted by atomic mass is 16.7. The molecule has 0 radical (unpaired) electrons. The molecular weight excluding hydrogens is 376 g/mol. The number of aliphatic hydroxyl groups is 4. The number of rotatable bonds is 4. The Kier molecular flexibility index (Phi) is 5.87. The molecule has 0 amide bonds. The fourth-order valence-electron chi connectivity index (χ4n) is 3.92. The van der Waals surface area contributed by atoms with Crippen molar-refractivity contribution in [2.45, 2.75) is 50.0 Å². The van der Waals surface area contributed by atoms with E-state index < -0.39 is 37.1 Å². The van der Waals surface area contributed by atoms with Gasteiger partial charge in [-0.2, -0.15) is 0 Å². The van der Waals surface area contributed by atoms with Crippen molar-refractivity contribution >= 4 is 0 Å². The van der Waals surface area contributed by atoms with Gasteiger partial charge < -0.3 is 34.6 Å². The maximum Gasteiger partial charge on any atom is 0.190 e. The van der Waals surface area contributed by atoms with E-state index in [2.05, 4.69) is 19.1 Å². The molecule has 2 aromatic rings. The molecule has 2 aromatic carbocycles. The fourth-order valence-corrected chi connectivity index (χ4v) is 3.92. The van der Waals surface area contributed by atoms with Crippen molar-refractivity contribution in [2.75, 3.05) is 13.4 Å². The molecule has 0 bridgehead atoms. The number of hydrogen-bond donors (Lipinski definition) is 4. The van der Waals surface area contributed by atoms with Gasteiger partial charge in [0.15, 0.2) is 6.79 Å². The van der Waals surface area contributed by atoms with Gasteiger partial charge in [0, 0.05) is 5.56 Å². The van der Waals surface area contributed by atoms with Crippen molar-refractivity contribution in [2.24, 2.45) is 0 Å². The van der Waals surface area contributed by atoms with Crippen molar-refractivity contribution < 1.29 is 34.6 Å². The minimum Gasteiger partial charge on any atom is -0.467 e. The average Bonchev–Trinajstić information content (AvgIpc) is 2.77. The molecule has 6 atom stereocenters. The minimum absolute atomic E-state index is 0.132. The largest absolute Gasteiger partial charge is 0.467 e. The molecule has 2 aliphatic heterocycles. The predicted octanol–water partition coefficient (Wildman–Crippen LogP) is 1.22. The molecule has 7 nitrogen and oxygen atoms in total. The molecule has 2 heterocycles.